The van der Waals surface area contributed by atoms with E-state index in [2.05, 4.69) is 15.5 Å². The molecule has 0 saturated carbocycles. The molecule has 0 aliphatic carbocycles. The molecule has 0 spiro atoms. The van der Waals surface area contributed by atoms with E-state index in [9.17, 15) is 14.4 Å². The predicted octanol–water partition coefficient (Wildman–Crippen LogP) is -0.306. The number of hydrogen-bond acceptors (Lipinski definition) is 5. The zero-order valence-corrected chi connectivity index (χ0v) is 13.6. The summed E-state index contributed by atoms with van der Waals surface area (Å²) in [6.07, 6.45) is 0.855. The zero-order valence-electron chi connectivity index (χ0n) is 13.6. The quantitative estimate of drug-likeness (QED) is 0.553. The first-order valence-electron chi connectivity index (χ1n) is 8.32. The van der Waals surface area contributed by atoms with Crippen molar-refractivity contribution in [1.82, 2.24) is 20.4 Å². The SMILES string of the molecule is O=C(CN1C(=O)c2ccccc2C1=O)NCCCN1CCNCC1. The molecule has 7 nitrogen and oxygen atoms in total. The van der Waals surface area contributed by atoms with E-state index in [1.54, 1.807) is 24.3 Å². The highest BCUT2D eigenvalue weighted by molar-refractivity contribution is 6.22. The van der Waals surface area contributed by atoms with Crippen LogP contribution in [0.1, 0.15) is 27.1 Å². The average Bonchev–Trinajstić information content (AvgIpc) is 2.85. The van der Waals surface area contributed by atoms with E-state index in [1.165, 1.54) is 0 Å². The van der Waals surface area contributed by atoms with Gasteiger partial charge in [0.1, 0.15) is 6.54 Å². The number of nitrogens with zero attached hydrogens (tertiary/aromatic N) is 2. The molecule has 0 bridgehead atoms. The summed E-state index contributed by atoms with van der Waals surface area (Å²) in [5.41, 5.74) is 0.739. The van der Waals surface area contributed by atoms with Gasteiger partial charge in [-0.2, -0.15) is 0 Å². The smallest absolute Gasteiger partial charge is 0.262 e. The van der Waals surface area contributed by atoms with E-state index in [0.29, 0.717) is 17.7 Å². The van der Waals surface area contributed by atoms with Crippen molar-refractivity contribution in [1.29, 1.82) is 0 Å². The molecular weight excluding hydrogens is 308 g/mol. The summed E-state index contributed by atoms with van der Waals surface area (Å²) in [6, 6.07) is 6.65. The maximum atomic E-state index is 12.2. The largest absolute Gasteiger partial charge is 0.354 e. The van der Waals surface area contributed by atoms with Gasteiger partial charge in [-0.3, -0.25) is 19.3 Å². The lowest BCUT2D eigenvalue weighted by Crippen LogP contribution is -2.44. The first kappa shape index (κ1) is 16.6. The summed E-state index contributed by atoms with van der Waals surface area (Å²) in [4.78, 5) is 39.8. The summed E-state index contributed by atoms with van der Waals surface area (Å²) in [7, 11) is 0. The van der Waals surface area contributed by atoms with E-state index >= 15 is 0 Å². The monoisotopic (exact) mass is 330 g/mol. The lowest BCUT2D eigenvalue weighted by molar-refractivity contribution is -0.121. The van der Waals surface area contributed by atoms with Crippen LogP contribution in [0, 0.1) is 0 Å². The summed E-state index contributed by atoms with van der Waals surface area (Å²) in [5, 5.41) is 6.09. The van der Waals surface area contributed by atoms with Gasteiger partial charge in [0.15, 0.2) is 0 Å². The van der Waals surface area contributed by atoms with Gasteiger partial charge in [-0.15, -0.1) is 0 Å². The van der Waals surface area contributed by atoms with Crippen LogP contribution >= 0.6 is 0 Å². The third-order valence-corrected chi connectivity index (χ3v) is 4.36. The second-order valence-electron chi connectivity index (χ2n) is 6.04. The Labute approximate surface area is 141 Å². The van der Waals surface area contributed by atoms with Crippen LogP contribution in [0.3, 0.4) is 0 Å². The van der Waals surface area contributed by atoms with Gasteiger partial charge in [-0.05, 0) is 25.1 Å². The number of piperazine rings is 1. The van der Waals surface area contributed by atoms with Gasteiger partial charge < -0.3 is 15.5 Å². The second kappa shape index (κ2) is 7.55. The highest BCUT2D eigenvalue weighted by Crippen LogP contribution is 2.21. The molecule has 0 radical (unpaired) electrons. The fourth-order valence-electron chi connectivity index (χ4n) is 3.05. The number of fused-ring (bicyclic) bond motifs is 1. The fourth-order valence-corrected chi connectivity index (χ4v) is 3.05. The molecule has 1 saturated heterocycles. The molecule has 3 rings (SSSR count). The Kier molecular flexibility index (Phi) is 5.22. The molecule has 1 aromatic rings. The highest BCUT2D eigenvalue weighted by atomic mass is 16.2. The Hall–Kier alpha value is -2.25. The van der Waals surface area contributed by atoms with Crippen molar-refractivity contribution < 1.29 is 14.4 Å². The molecule has 1 aromatic carbocycles. The van der Waals surface area contributed by atoms with Crippen LogP contribution in [0.15, 0.2) is 24.3 Å². The Morgan fingerprint density at radius 2 is 1.71 bits per heavy atom. The van der Waals surface area contributed by atoms with E-state index in [-0.39, 0.29) is 12.5 Å². The van der Waals surface area contributed by atoms with Gasteiger partial charge in [0.2, 0.25) is 5.91 Å². The maximum absolute atomic E-state index is 12.2. The third kappa shape index (κ3) is 3.63. The standard InChI is InChI=1S/C17H22N4O3/c22-15(19-6-3-9-20-10-7-18-8-11-20)12-21-16(23)13-4-1-2-5-14(13)17(21)24/h1-2,4-5,18H,3,6-12H2,(H,19,22). The summed E-state index contributed by atoms with van der Waals surface area (Å²) in [6.45, 7) is 5.34. The van der Waals surface area contributed by atoms with Crippen LogP contribution in [0.2, 0.25) is 0 Å². The van der Waals surface area contributed by atoms with Crippen molar-refractivity contribution in [3.05, 3.63) is 35.4 Å². The Morgan fingerprint density at radius 1 is 1.08 bits per heavy atom. The van der Waals surface area contributed by atoms with E-state index in [1.807, 2.05) is 0 Å². The first-order valence-corrected chi connectivity index (χ1v) is 8.32. The molecule has 0 atom stereocenters. The zero-order chi connectivity index (χ0) is 16.9. The number of imide groups is 1. The molecule has 3 amide bonds. The van der Waals surface area contributed by atoms with Crippen molar-refractivity contribution >= 4 is 17.7 Å². The first-order chi connectivity index (χ1) is 11.7. The molecule has 2 N–H and O–H groups in total. The number of carbonyl (C=O) groups excluding carboxylic acids is 3. The normalized spacial score (nSPS) is 17.9. The summed E-state index contributed by atoms with van der Waals surface area (Å²) >= 11 is 0. The number of amides is 3. The van der Waals surface area contributed by atoms with Crippen LogP contribution in [0.25, 0.3) is 0 Å². The Morgan fingerprint density at radius 3 is 2.33 bits per heavy atom. The van der Waals surface area contributed by atoms with E-state index in [4.69, 9.17) is 0 Å². The van der Waals surface area contributed by atoms with Crippen molar-refractivity contribution in [2.24, 2.45) is 0 Å². The van der Waals surface area contributed by atoms with Crippen LogP contribution in [-0.4, -0.2) is 73.3 Å². The van der Waals surface area contributed by atoms with E-state index in [0.717, 1.165) is 44.0 Å². The topological polar surface area (TPSA) is 81.8 Å². The minimum absolute atomic E-state index is 0.222. The molecule has 7 heteroatoms. The van der Waals surface area contributed by atoms with Gasteiger partial charge in [0.05, 0.1) is 11.1 Å². The third-order valence-electron chi connectivity index (χ3n) is 4.36. The molecule has 1 fully saturated rings. The van der Waals surface area contributed by atoms with E-state index < -0.39 is 11.8 Å². The van der Waals surface area contributed by atoms with Gasteiger partial charge in [0, 0.05) is 32.7 Å². The number of rotatable bonds is 6. The Bertz CT molecular complexity index is 605. The van der Waals surface area contributed by atoms with Gasteiger partial charge in [0.25, 0.3) is 11.8 Å². The minimum atomic E-state index is -0.397. The van der Waals surface area contributed by atoms with Gasteiger partial charge >= 0.3 is 0 Å². The molecule has 24 heavy (non-hydrogen) atoms. The predicted molar refractivity (Wildman–Crippen MR) is 88.7 cm³/mol. The fraction of sp³-hybridized carbons (Fsp3) is 0.471. The Balaban J connectivity index is 1.42. The van der Waals surface area contributed by atoms with Crippen LogP contribution in [0.5, 0.6) is 0 Å². The van der Waals surface area contributed by atoms with Gasteiger partial charge in [-0.1, -0.05) is 12.1 Å². The molecule has 2 heterocycles. The minimum Gasteiger partial charge on any atom is -0.354 e. The second-order valence-corrected chi connectivity index (χ2v) is 6.04. The molecule has 0 aromatic heterocycles. The van der Waals surface area contributed by atoms with Crippen molar-refractivity contribution in [2.75, 3.05) is 45.8 Å². The van der Waals surface area contributed by atoms with Gasteiger partial charge in [-0.25, -0.2) is 0 Å². The lowest BCUT2D eigenvalue weighted by atomic mass is 10.1. The van der Waals surface area contributed by atoms with Crippen LogP contribution in [0.4, 0.5) is 0 Å². The molecule has 2 aliphatic rings. The average molecular weight is 330 g/mol. The number of benzene rings is 1. The van der Waals surface area contributed by atoms with Crippen LogP contribution < -0.4 is 10.6 Å². The highest BCUT2D eigenvalue weighted by Gasteiger charge is 2.36. The van der Waals surface area contributed by atoms with Crippen LogP contribution in [-0.2, 0) is 4.79 Å². The maximum Gasteiger partial charge on any atom is 0.262 e. The lowest BCUT2D eigenvalue weighted by Gasteiger charge is -2.27. The number of hydrogen-bond donors (Lipinski definition) is 2. The van der Waals surface area contributed by atoms with Crippen molar-refractivity contribution in [3.63, 3.8) is 0 Å². The van der Waals surface area contributed by atoms with Crippen molar-refractivity contribution in [2.45, 2.75) is 6.42 Å². The number of nitrogens with one attached hydrogen (secondary N) is 2. The molecule has 0 unspecified atom stereocenters. The molecular formula is C17H22N4O3. The van der Waals surface area contributed by atoms with Crippen molar-refractivity contribution in [3.8, 4) is 0 Å². The summed E-state index contributed by atoms with van der Waals surface area (Å²) < 4.78 is 0. The molecule has 128 valence electrons. The molecule has 2 aliphatic heterocycles. The summed E-state index contributed by atoms with van der Waals surface area (Å²) in [5.74, 6) is -1.09. The number of carbonyl (C=O) groups is 3.